The number of rotatable bonds is 4. The third-order valence-electron chi connectivity index (χ3n) is 28.8. The highest BCUT2D eigenvalue weighted by atomic mass is 16.5. The van der Waals surface area contributed by atoms with E-state index in [4.69, 9.17) is 4.74 Å². The number of hydrogen-bond donors (Lipinski definition) is 7. The maximum Gasteiger partial charge on any atom is 0.331 e. The van der Waals surface area contributed by atoms with E-state index in [1.807, 2.05) is 19.2 Å². The summed E-state index contributed by atoms with van der Waals surface area (Å²) < 4.78 is 6.64. The second kappa shape index (κ2) is 20.3. The van der Waals surface area contributed by atoms with Crippen LogP contribution in [0.2, 0.25) is 0 Å². The minimum Gasteiger partial charge on any atom is -0.454 e. The summed E-state index contributed by atoms with van der Waals surface area (Å²) in [5.41, 5.74) is -2.50. The lowest BCUT2D eigenvalue weighted by Crippen LogP contribution is -2.87. The van der Waals surface area contributed by atoms with Crippen LogP contribution in [0.5, 0.6) is 0 Å². The molecule has 9 fully saturated rings. The average molecular weight is 1190 g/mol. The highest BCUT2D eigenvalue weighted by Crippen LogP contribution is 2.81. The van der Waals surface area contributed by atoms with Crippen LogP contribution in [-0.4, -0.2) is 91.1 Å². The number of fused-ring (bicyclic) bond motifs is 12. The first kappa shape index (κ1) is 57.1. The van der Waals surface area contributed by atoms with Crippen molar-refractivity contribution in [3.05, 3.63) is 129 Å². The maximum absolute atomic E-state index is 16.0. The van der Waals surface area contributed by atoms with Gasteiger partial charge in [-0.25, -0.2) is 4.79 Å². The first-order chi connectivity index (χ1) is 42.6. The van der Waals surface area contributed by atoms with Crippen LogP contribution < -0.4 is 5.32 Å². The summed E-state index contributed by atoms with van der Waals surface area (Å²) in [7, 11) is 1.95. The van der Waals surface area contributed by atoms with Gasteiger partial charge in [-0.05, 0) is 226 Å². The van der Waals surface area contributed by atoms with Gasteiger partial charge in [0.05, 0.1) is 29.8 Å². The van der Waals surface area contributed by atoms with Gasteiger partial charge in [0.2, 0.25) is 0 Å². The van der Waals surface area contributed by atoms with Crippen molar-refractivity contribution in [3.63, 3.8) is 0 Å². The number of nitrogens with one attached hydrogen (secondary N) is 1. The normalized spacial score (nSPS) is 48.0. The molecule has 14 aliphatic carbocycles. The highest BCUT2D eigenvalue weighted by Gasteiger charge is 2.89. The third-order valence-corrected chi connectivity index (χ3v) is 28.8. The van der Waals surface area contributed by atoms with Gasteiger partial charge in [0.1, 0.15) is 23.6 Å². The summed E-state index contributed by atoms with van der Waals surface area (Å²) in [6, 6.07) is 24.0. The molecule has 0 amide bonds. The fraction of sp³-hybridized carbons (Fsp3) is 0.641. The van der Waals surface area contributed by atoms with Gasteiger partial charge < -0.3 is 45.5 Å². The molecule has 7 N–H and O–H groups in total. The molecule has 1 aliphatic heterocycles. The minimum absolute atomic E-state index is 0.0165. The zero-order valence-corrected chi connectivity index (χ0v) is 51.4. The second-order valence-electron chi connectivity index (χ2n) is 32.3. The van der Waals surface area contributed by atoms with Crippen molar-refractivity contribution in [2.75, 3.05) is 7.05 Å². The average Bonchev–Trinajstić information content (AvgIpc) is 1.18. The Bertz CT molecular complexity index is 3560. The van der Waals surface area contributed by atoms with Crippen LogP contribution in [0.4, 0.5) is 0 Å². The smallest absolute Gasteiger partial charge is 0.331 e. The van der Waals surface area contributed by atoms with Crippen molar-refractivity contribution in [2.45, 2.75) is 195 Å². The summed E-state index contributed by atoms with van der Waals surface area (Å²) >= 11 is 0. The van der Waals surface area contributed by atoms with E-state index in [-0.39, 0.29) is 79.3 Å². The molecule has 10 heteroatoms. The zero-order chi connectivity index (χ0) is 59.9. The summed E-state index contributed by atoms with van der Waals surface area (Å²) in [5.74, 6) is 11.6. The number of carbonyl (C=O) groups excluding carboxylic acids is 2. The number of ether oxygens (including phenoxy) is 1. The predicted octanol–water partition coefficient (Wildman–Crippen LogP) is 9.72. The fourth-order valence-electron chi connectivity index (χ4n) is 25.8. The Morgan fingerprint density at radius 1 is 0.750 bits per heavy atom. The maximum atomic E-state index is 16.0. The van der Waals surface area contributed by atoms with E-state index >= 15 is 20.1 Å². The number of likely N-dealkylation sites (N-methyl/N-ethyl adjacent to an activating group) is 1. The van der Waals surface area contributed by atoms with Gasteiger partial charge in [0, 0.05) is 64.5 Å². The number of benzene rings is 3. The number of hydrogen-bond acceptors (Lipinski definition) is 10. The molecule has 18 rings (SSSR count). The van der Waals surface area contributed by atoms with Crippen molar-refractivity contribution < 1.29 is 45.0 Å². The van der Waals surface area contributed by atoms with Gasteiger partial charge >= 0.3 is 5.97 Å². The molecule has 0 radical (unpaired) electrons. The molecule has 3 aromatic rings. The molecule has 0 aromatic heterocycles. The largest absolute Gasteiger partial charge is 0.454 e. The van der Waals surface area contributed by atoms with E-state index in [2.05, 4.69) is 95.7 Å². The molecule has 462 valence electrons. The lowest BCUT2D eigenvalue weighted by Gasteiger charge is -2.75. The van der Waals surface area contributed by atoms with Crippen LogP contribution in [0.3, 0.4) is 0 Å². The molecule has 15 aliphatic rings. The van der Waals surface area contributed by atoms with Crippen molar-refractivity contribution in [1.29, 1.82) is 0 Å². The Labute approximate surface area is 520 Å². The molecule has 9 saturated carbocycles. The Morgan fingerprint density at radius 3 is 2.31 bits per heavy atom. The lowest BCUT2D eigenvalue weighted by atomic mass is 9.31. The topological polar surface area (TPSA) is 177 Å². The van der Waals surface area contributed by atoms with Crippen LogP contribution >= 0.6 is 0 Å². The van der Waals surface area contributed by atoms with Gasteiger partial charge in [0.15, 0.2) is 0 Å². The van der Waals surface area contributed by atoms with Crippen LogP contribution in [-0.2, 0) is 46.6 Å². The van der Waals surface area contributed by atoms with Gasteiger partial charge in [-0.1, -0.05) is 116 Å². The number of aliphatic hydroxyl groups excluding tert-OH is 3. The molecule has 3 aromatic carbocycles. The van der Waals surface area contributed by atoms with Crippen LogP contribution in [0.15, 0.2) is 90.5 Å². The summed E-state index contributed by atoms with van der Waals surface area (Å²) in [4.78, 5) is 30.4. The number of aliphatic hydroxyl groups is 6. The number of carbonyl (C=O) groups is 2. The molecule has 0 unspecified atom stereocenters. The molecule has 24 atom stereocenters. The van der Waals surface area contributed by atoms with E-state index < -0.39 is 92.3 Å². The Morgan fingerprint density at radius 2 is 1.52 bits per heavy atom. The van der Waals surface area contributed by atoms with Crippen molar-refractivity contribution in [3.8, 4) is 23.7 Å². The van der Waals surface area contributed by atoms with E-state index in [9.17, 15) is 20.1 Å². The summed E-state index contributed by atoms with van der Waals surface area (Å²) in [5, 5.41) is 90.0. The zero-order valence-electron chi connectivity index (χ0n) is 51.4. The van der Waals surface area contributed by atoms with E-state index in [1.165, 1.54) is 35.1 Å². The Kier molecular flexibility index (Phi) is 13.2. The molecule has 0 saturated heterocycles. The van der Waals surface area contributed by atoms with Gasteiger partial charge in [-0.15, -0.1) is 5.92 Å². The van der Waals surface area contributed by atoms with Crippen molar-refractivity contribution >= 4 is 12.3 Å². The van der Waals surface area contributed by atoms with E-state index in [0.717, 1.165) is 79.9 Å². The molecule has 1 heterocycles. The minimum atomic E-state index is -2.41. The van der Waals surface area contributed by atoms with Crippen molar-refractivity contribution in [1.82, 2.24) is 5.32 Å². The molecular weight excluding hydrogens is 1090 g/mol. The molecule has 3 spiro atoms. The molecule has 88 heavy (non-hydrogen) atoms. The standard InChI is InChI=1S/C78H91NO9/c1-79-65-35-59-51(15-6-19-56(59)41-80)22-25-72-24-21-49(37-72)30-47-11-4-9-45(28-47)27-46-10-5-12-48(29-46)31-52-16-7-18-55-39-74(42-72)67-57(32-61(65)68-62(67)36-66(82)88-68)40-76(74,85)78(87)69(55)75(44-81)43-73(26-23-54(52)38-73)70(83)63-33-53-17-8-20-58(50-13-2-3-14-50)60(53)34-64(71(78)84)77(63,75)86/h4-6,8-12,15,17,19,28-29,36,44,49-50,52-55,57-58,60-61,63-65,67-71,79-80,83-87H,2-3,13-14,16,20-21,23-24,26-27,30-35,37-43H2,1H3/t49-,52+,53-,54-,55-,57+,58-,60+,61+,63+,64+,65+,67-,68+,69-,70-,71-,72+,73+,74+,75+,76-,77-,78-/m1/s1. The number of esters is 1. The Balaban J connectivity index is 0.947. The molecule has 15 bridgehead atoms. The molecular formula is C78H91NO9. The number of allylic oxidation sites excluding steroid dienone is 2. The SMILES string of the molecule is CN[C@H]1Cc2c(cccc2CO)C#C[C@]23CC[C@H](Cc4cccc(c4)Cc4cccc(c4)C[C@@H]4CC#C[C@@H]5C[C@]6(C2)[C@H]2C7=CC(=O)O[C@H]7[C@H]1C[C@H]2C[C@]6(O)[C@]1(O)[C@H](O)[C@@H]2C[C@H]6[C@H](C=CC[C@@H]6C6CCCC6)C[C@H]6[C@@H](O)[C@]7(CC[C@@H]4C7)C[C@](C=O)([C@@H]51)[C@@]62O)C3. The Hall–Kier alpha value is -4.88. The monoisotopic (exact) mass is 1190 g/mol. The lowest BCUT2D eigenvalue weighted by molar-refractivity contribution is -0.391. The third kappa shape index (κ3) is 7.82. The van der Waals surface area contributed by atoms with Crippen LogP contribution in [0.25, 0.3) is 0 Å². The highest BCUT2D eigenvalue weighted by molar-refractivity contribution is 5.86. The quantitative estimate of drug-likeness (QED) is 0.0577. The first-order valence-corrected chi connectivity index (χ1v) is 34.7. The van der Waals surface area contributed by atoms with Gasteiger partial charge in [0.25, 0.3) is 0 Å². The number of aldehydes is 1. The molecule has 10 nitrogen and oxygen atoms in total. The summed E-state index contributed by atoms with van der Waals surface area (Å²) in [6.45, 7) is -0.154. The first-order valence-electron chi connectivity index (χ1n) is 34.7. The van der Waals surface area contributed by atoms with E-state index in [1.54, 1.807) is 6.08 Å². The predicted molar refractivity (Wildman–Crippen MR) is 333 cm³/mol. The fourth-order valence-corrected chi connectivity index (χ4v) is 25.8. The van der Waals surface area contributed by atoms with Crippen LogP contribution in [0, 0.1) is 128 Å². The van der Waals surface area contributed by atoms with E-state index in [0.29, 0.717) is 70.1 Å². The van der Waals surface area contributed by atoms with Gasteiger partial charge in [-0.3, -0.25) is 0 Å². The van der Waals surface area contributed by atoms with Crippen molar-refractivity contribution in [2.24, 2.45) is 105 Å². The second-order valence-corrected chi connectivity index (χ2v) is 32.3. The van der Waals surface area contributed by atoms with Crippen LogP contribution in [0.1, 0.15) is 161 Å². The summed E-state index contributed by atoms with van der Waals surface area (Å²) in [6.07, 6.45) is 19.8. The van der Waals surface area contributed by atoms with Gasteiger partial charge in [-0.2, -0.15) is 0 Å².